The van der Waals surface area contributed by atoms with Gasteiger partial charge < -0.3 is 4.74 Å². The Balaban J connectivity index is 2.64. The minimum absolute atomic E-state index is 0.351. The molecule has 94 valence electrons. The molecule has 0 amide bonds. The molecule has 0 unspecified atom stereocenters. The van der Waals surface area contributed by atoms with Gasteiger partial charge in [-0.05, 0) is 47.7 Å². The molecule has 0 bridgehead atoms. The summed E-state index contributed by atoms with van der Waals surface area (Å²) in [6.45, 7) is 1.54. The van der Waals surface area contributed by atoms with Crippen LogP contribution in [0.15, 0.2) is 23.0 Å². The first-order valence-electron chi connectivity index (χ1n) is 5.17. The molecule has 1 atom stereocenters. The number of benzene rings is 1. The molecule has 7 heteroatoms. The number of rotatable bonds is 2. The zero-order chi connectivity index (χ0) is 13.3. The fourth-order valence-corrected chi connectivity index (χ4v) is 2.04. The summed E-state index contributed by atoms with van der Waals surface area (Å²) in [5.41, 5.74) is 0.158. The number of carbonyl (C=O) groups is 1. The van der Waals surface area contributed by atoms with Gasteiger partial charge in [-0.3, -0.25) is 4.79 Å². The van der Waals surface area contributed by atoms with Crippen molar-refractivity contribution >= 4 is 39.5 Å². The van der Waals surface area contributed by atoms with Gasteiger partial charge in [0.15, 0.2) is 6.04 Å². The summed E-state index contributed by atoms with van der Waals surface area (Å²) in [4.78, 5) is 23.6. The van der Waals surface area contributed by atoms with Gasteiger partial charge in [-0.2, -0.15) is 4.68 Å². The number of ether oxygens (including phenoxy) is 1. The van der Waals surface area contributed by atoms with Crippen LogP contribution in [0.25, 0.3) is 10.9 Å². The highest BCUT2D eigenvalue weighted by Crippen LogP contribution is 2.12. The Labute approximate surface area is 116 Å². The third-order valence-electron chi connectivity index (χ3n) is 2.56. The number of hydrogen-bond acceptors (Lipinski definition) is 5. The molecular weight excluding hydrogens is 349 g/mol. The molecule has 0 saturated heterocycles. The molecule has 6 nitrogen and oxygen atoms in total. The molecular formula is C11H10IN3O3. The van der Waals surface area contributed by atoms with Crippen molar-refractivity contribution in [2.24, 2.45) is 0 Å². The van der Waals surface area contributed by atoms with E-state index in [0.29, 0.717) is 10.9 Å². The van der Waals surface area contributed by atoms with Gasteiger partial charge in [-0.1, -0.05) is 5.21 Å². The van der Waals surface area contributed by atoms with Crippen molar-refractivity contribution in [2.75, 3.05) is 7.11 Å². The number of esters is 1. The molecule has 2 rings (SSSR count). The van der Waals surface area contributed by atoms with Gasteiger partial charge in [0.05, 0.1) is 12.5 Å². The molecule has 1 aromatic heterocycles. The number of fused-ring (bicyclic) bond motifs is 1. The van der Waals surface area contributed by atoms with Gasteiger partial charge in [0.25, 0.3) is 5.56 Å². The zero-order valence-corrected chi connectivity index (χ0v) is 11.9. The summed E-state index contributed by atoms with van der Waals surface area (Å²) in [6.07, 6.45) is 0. The summed E-state index contributed by atoms with van der Waals surface area (Å²) in [5.74, 6) is -0.531. The summed E-state index contributed by atoms with van der Waals surface area (Å²) in [6, 6.07) is 4.48. The van der Waals surface area contributed by atoms with Crippen molar-refractivity contribution in [1.29, 1.82) is 0 Å². The van der Waals surface area contributed by atoms with E-state index in [9.17, 15) is 9.59 Å². The predicted octanol–water partition coefficient (Wildman–Crippen LogP) is 1.13. The van der Waals surface area contributed by atoms with Crippen LogP contribution in [-0.2, 0) is 9.53 Å². The minimum atomic E-state index is -0.794. The number of halogens is 1. The maximum Gasteiger partial charge on any atom is 0.330 e. The molecule has 0 spiro atoms. The standard InChI is InChI=1S/C11H10IN3O3/c1-6(11(17)18-2)15-10(16)8-5-7(12)3-4-9(8)13-14-15/h3-6H,1-2H3/t6-/m0/s1. The molecule has 0 aliphatic carbocycles. The van der Waals surface area contributed by atoms with E-state index in [-0.39, 0.29) is 5.56 Å². The van der Waals surface area contributed by atoms with Crippen molar-refractivity contribution in [3.05, 3.63) is 32.1 Å². The number of aromatic nitrogens is 3. The molecule has 1 heterocycles. The molecule has 0 fully saturated rings. The first kappa shape index (κ1) is 12.9. The van der Waals surface area contributed by atoms with E-state index in [2.05, 4.69) is 37.6 Å². The third-order valence-corrected chi connectivity index (χ3v) is 3.23. The number of hydrogen-bond donors (Lipinski definition) is 0. The molecule has 0 aliphatic rings. The van der Waals surface area contributed by atoms with Crippen LogP contribution < -0.4 is 5.56 Å². The van der Waals surface area contributed by atoms with Crippen molar-refractivity contribution in [1.82, 2.24) is 15.0 Å². The van der Waals surface area contributed by atoms with Gasteiger partial charge in [0.2, 0.25) is 0 Å². The molecule has 0 N–H and O–H groups in total. The van der Waals surface area contributed by atoms with Crippen LogP contribution in [0.4, 0.5) is 0 Å². The number of carbonyl (C=O) groups excluding carboxylic acids is 1. The van der Waals surface area contributed by atoms with Gasteiger partial charge in [0, 0.05) is 3.57 Å². The first-order chi connectivity index (χ1) is 8.54. The van der Waals surface area contributed by atoms with Crippen LogP contribution >= 0.6 is 22.6 Å². The maximum atomic E-state index is 12.2. The fraction of sp³-hybridized carbons (Fsp3) is 0.273. The second-order valence-corrected chi connectivity index (χ2v) is 4.95. The lowest BCUT2D eigenvalue weighted by Crippen LogP contribution is -2.31. The first-order valence-corrected chi connectivity index (χ1v) is 6.25. The Morgan fingerprint density at radius 2 is 2.22 bits per heavy atom. The average molecular weight is 359 g/mol. The smallest absolute Gasteiger partial charge is 0.330 e. The van der Waals surface area contributed by atoms with E-state index in [1.54, 1.807) is 19.1 Å². The van der Waals surface area contributed by atoms with Crippen LogP contribution in [0.5, 0.6) is 0 Å². The third kappa shape index (κ3) is 2.22. The van der Waals surface area contributed by atoms with Crippen LogP contribution in [0.3, 0.4) is 0 Å². The van der Waals surface area contributed by atoms with E-state index in [4.69, 9.17) is 0 Å². The van der Waals surface area contributed by atoms with Gasteiger partial charge >= 0.3 is 5.97 Å². The minimum Gasteiger partial charge on any atom is -0.467 e. The lowest BCUT2D eigenvalue weighted by atomic mass is 10.2. The fourth-order valence-electron chi connectivity index (χ4n) is 1.55. The largest absolute Gasteiger partial charge is 0.467 e. The van der Waals surface area contributed by atoms with Crippen LogP contribution in [0, 0.1) is 3.57 Å². The number of nitrogens with zero attached hydrogens (tertiary/aromatic N) is 3. The van der Waals surface area contributed by atoms with Crippen molar-refractivity contribution in [3.8, 4) is 0 Å². The summed E-state index contributed by atoms with van der Waals surface area (Å²) >= 11 is 2.11. The zero-order valence-electron chi connectivity index (χ0n) is 9.75. The summed E-state index contributed by atoms with van der Waals surface area (Å²) in [5, 5.41) is 8.12. The average Bonchev–Trinajstić information content (AvgIpc) is 2.38. The van der Waals surface area contributed by atoms with E-state index < -0.39 is 12.0 Å². The van der Waals surface area contributed by atoms with E-state index >= 15 is 0 Å². The number of methoxy groups -OCH3 is 1. The quantitative estimate of drug-likeness (QED) is 0.594. The molecule has 0 radical (unpaired) electrons. The molecule has 0 saturated carbocycles. The molecule has 18 heavy (non-hydrogen) atoms. The Morgan fingerprint density at radius 3 is 2.89 bits per heavy atom. The highest BCUT2D eigenvalue weighted by Gasteiger charge is 2.19. The van der Waals surface area contributed by atoms with Crippen molar-refractivity contribution in [3.63, 3.8) is 0 Å². The second-order valence-electron chi connectivity index (χ2n) is 3.70. The second kappa shape index (κ2) is 5.01. The van der Waals surface area contributed by atoms with E-state index in [1.807, 2.05) is 6.07 Å². The normalized spacial score (nSPS) is 12.4. The monoisotopic (exact) mass is 359 g/mol. The van der Waals surface area contributed by atoms with Crippen LogP contribution in [0.2, 0.25) is 0 Å². The summed E-state index contributed by atoms with van der Waals surface area (Å²) in [7, 11) is 1.27. The highest BCUT2D eigenvalue weighted by atomic mass is 127. The van der Waals surface area contributed by atoms with Crippen molar-refractivity contribution < 1.29 is 9.53 Å². The van der Waals surface area contributed by atoms with Gasteiger partial charge in [-0.15, -0.1) is 5.10 Å². The van der Waals surface area contributed by atoms with Gasteiger partial charge in [0.1, 0.15) is 5.52 Å². The van der Waals surface area contributed by atoms with E-state index in [0.717, 1.165) is 8.25 Å². The van der Waals surface area contributed by atoms with Crippen molar-refractivity contribution in [2.45, 2.75) is 13.0 Å². The molecule has 2 aromatic rings. The van der Waals surface area contributed by atoms with E-state index in [1.165, 1.54) is 7.11 Å². The maximum absolute atomic E-state index is 12.2. The lowest BCUT2D eigenvalue weighted by Gasteiger charge is -2.10. The Kier molecular flexibility index (Phi) is 3.60. The summed E-state index contributed by atoms with van der Waals surface area (Å²) < 4.78 is 6.54. The molecule has 1 aromatic carbocycles. The van der Waals surface area contributed by atoms with Gasteiger partial charge in [-0.25, -0.2) is 4.79 Å². The molecule has 0 aliphatic heterocycles. The highest BCUT2D eigenvalue weighted by molar-refractivity contribution is 14.1. The predicted molar refractivity (Wildman–Crippen MR) is 73.2 cm³/mol. The Morgan fingerprint density at radius 1 is 1.50 bits per heavy atom. The Bertz CT molecular complexity index is 668. The lowest BCUT2D eigenvalue weighted by molar-refractivity contribution is -0.144. The topological polar surface area (TPSA) is 74.1 Å². The van der Waals surface area contributed by atoms with Crippen LogP contribution in [-0.4, -0.2) is 28.1 Å². The van der Waals surface area contributed by atoms with Crippen LogP contribution in [0.1, 0.15) is 13.0 Å². The SMILES string of the molecule is COC(=O)[C@H](C)n1nnc2ccc(I)cc2c1=O. The Hall–Kier alpha value is -1.51.